The van der Waals surface area contributed by atoms with Crippen LogP contribution in [-0.4, -0.2) is 15.3 Å². The summed E-state index contributed by atoms with van der Waals surface area (Å²) in [5.74, 6) is 0.121. The van der Waals surface area contributed by atoms with Crippen LogP contribution in [0.3, 0.4) is 0 Å². The third-order valence-electron chi connectivity index (χ3n) is 1.83. The zero-order valence-electron chi connectivity index (χ0n) is 7.69. The van der Waals surface area contributed by atoms with E-state index in [2.05, 4.69) is 10.2 Å². The summed E-state index contributed by atoms with van der Waals surface area (Å²) in [7, 11) is 0. The molecular weight excluding hydrogens is 196 g/mol. The van der Waals surface area contributed by atoms with Crippen LogP contribution < -0.4 is 0 Å². The van der Waals surface area contributed by atoms with E-state index in [4.69, 9.17) is 0 Å². The Morgan fingerprint density at radius 3 is 2.57 bits per heavy atom. The first kappa shape index (κ1) is 9.15. The molecule has 0 aliphatic heterocycles. The van der Waals surface area contributed by atoms with Gasteiger partial charge in [0, 0.05) is 4.90 Å². The Morgan fingerprint density at radius 2 is 2.00 bits per heavy atom. The number of aromatic hydroxyl groups is 1. The molecular formula is C10H10N2OS. The number of benzene rings is 1. The summed E-state index contributed by atoms with van der Waals surface area (Å²) in [6.45, 7) is 2.05. The minimum atomic E-state index is 0.121. The molecule has 0 radical (unpaired) electrons. The van der Waals surface area contributed by atoms with Gasteiger partial charge in [-0.2, -0.15) is 5.10 Å². The van der Waals surface area contributed by atoms with E-state index in [9.17, 15) is 5.11 Å². The van der Waals surface area contributed by atoms with Crippen LogP contribution >= 0.6 is 11.8 Å². The minimum Gasteiger partial charge on any atom is -0.493 e. The molecule has 0 saturated heterocycles. The highest BCUT2D eigenvalue weighted by Gasteiger charge is 2.04. The van der Waals surface area contributed by atoms with E-state index >= 15 is 0 Å². The number of hydrogen-bond donors (Lipinski definition) is 2. The average molecular weight is 206 g/mol. The average Bonchev–Trinajstić information content (AvgIpc) is 2.56. The quantitative estimate of drug-likeness (QED) is 0.794. The van der Waals surface area contributed by atoms with Crippen LogP contribution in [0.25, 0.3) is 0 Å². The number of hydrogen-bond acceptors (Lipinski definition) is 3. The van der Waals surface area contributed by atoms with Gasteiger partial charge in [0.25, 0.3) is 0 Å². The normalized spacial score (nSPS) is 10.4. The molecule has 0 fully saturated rings. The summed E-state index contributed by atoms with van der Waals surface area (Å²) in [4.78, 5) is 1.83. The SMILES string of the molecule is Cc1ccc(Sc2cn[nH]c2O)cc1. The second kappa shape index (κ2) is 3.75. The molecule has 0 aliphatic carbocycles. The number of H-pyrrole nitrogens is 1. The van der Waals surface area contributed by atoms with Gasteiger partial charge in [-0.1, -0.05) is 29.5 Å². The Labute approximate surface area is 86.2 Å². The second-order valence-corrected chi connectivity index (χ2v) is 4.11. The number of aromatic nitrogens is 2. The largest absolute Gasteiger partial charge is 0.493 e. The molecule has 0 saturated carbocycles. The van der Waals surface area contributed by atoms with Gasteiger partial charge in [0.05, 0.1) is 11.1 Å². The van der Waals surface area contributed by atoms with Crippen molar-refractivity contribution in [1.29, 1.82) is 0 Å². The molecule has 0 spiro atoms. The molecule has 0 aliphatic rings. The van der Waals surface area contributed by atoms with E-state index in [1.165, 1.54) is 17.3 Å². The Balaban J connectivity index is 2.19. The monoisotopic (exact) mass is 206 g/mol. The minimum absolute atomic E-state index is 0.121. The standard InChI is InChI=1S/C10H10N2OS/c1-7-2-4-8(5-3-7)14-9-6-11-12-10(9)13/h2-6H,1H3,(H2,11,12,13). The summed E-state index contributed by atoms with van der Waals surface area (Å²) in [5, 5.41) is 15.6. The highest BCUT2D eigenvalue weighted by atomic mass is 32.2. The number of aromatic amines is 1. The molecule has 1 heterocycles. The molecule has 14 heavy (non-hydrogen) atoms. The Kier molecular flexibility index (Phi) is 2.45. The first-order chi connectivity index (χ1) is 6.75. The molecule has 0 amide bonds. The zero-order valence-corrected chi connectivity index (χ0v) is 8.51. The van der Waals surface area contributed by atoms with Crippen LogP contribution in [0, 0.1) is 6.92 Å². The van der Waals surface area contributed by atoms with E-state index < -0.39 is 0 Å². The number of nitrogens with one attached hydrogen (secondary N) is 1. The van der Waals surface area contributed by atoms with Crippen LogP contribution in [0.5, 0.6) is 5.88 Å². The molecule has 2 N–H and O–H groups in total. The van der Waals surface area contributed by atoms with Gasteiger partial charge < -0.3 is 5.11 Å². The first-order valence-electron chi connectivity index (χ1n) is 4.22. The van der Waals surface area contributed by atoms with Crippen LogP contribution in [0.1, 0.15) is 5.56 Å². The van der Waals surface area contributed by atoms with Gasteiger partial charge in [0.2, 0.25) is 5.88 Å². The lowest BCUT2D eigenvalue weighted by Crippen LogP contribution is -1.73. The van der Waals surface area contributed by atoms with Crippen molar-refractivity contribution < 1.29 is 5.11 Å². The van der Waals surface area contributed by atoms with Crippen molar-refractivity contribution >= 4 is 11.8 Å². The maximum Gasteiger partial charge on any atom is 0.221 e. The predicted molar refractivity (Wildman–Crippen MR) is 55.6 cm³/mol. The molecule has 72 valence electrons. The fourth-order valence-electron chi connectivity index (χ4n) is 1.08. The Bertz CT molecular complexity index is 422. The van der Waals surface area contributed by atoms with Gasteiger partial charge >= 0.3 is 0 Å². The van der Waals surface area contributed by atoms with E-state index in [0.29, 0.717) is 0 Å². The fourth-order valence-corrected chi connectivity index (χ4v) is 1.85. The molecule has 1 aromatic heterocycles. The lowest BCUT2D eigenvalue weighted by molar-refractivity contribution is 0.441. The number of aryl methyl sites for hydroxylation is 1. The maximum absolute atomic E-state index is 9.33. The lowest BCUT2D eigenvalue weighted by Gasteiger charge is -1.99. The molecule has 3 nitrogen and oxygen atoms in total. The fraction of sp³-hybridized carbons (Fsp3) is 0.100. The topological polar surface area (TPSA) is 48.9 Å². The molecule has 0 bridgehead atoms. The summed E-state index contributed by atoms with van der Waals surface area (Å²) < 4.78 is 0. The molecule has 0 atom stereocenters. The van der Waals surface area contributed by atoms with E-state index in [0.717, 1.165) is 9.79 Å². The van der Waals surface area contributed by atoms with E-state index in [-0.39, 0.29) is 5.88 Å². The molecule has 2 rings (SSSR count). The molecule has 2 aromatic rings. The summed E-state index contributed by atoms with van der Waals surface area (Å²) in [6.07, 6.45) is 1.61. The van der Waals surface area contributed by atoms with Crippen molar-refractivity contribution in [2.45, 2.75) is 16.7 Å². The van der Waals surface area contributed by atoms with Gasteiger partial charge in [-0.05, 0) is 19.1 Å². The van der Waals surface area contributed by atoms with Crippen molar-refractivity contribution in [1.82, 2.24) is 10.2 Å². The van der Waals surface area contributed by atoms with Crippen LogP contribution in [0.2, 0.25) is 0 Å². The molecule has 4 heteroatoms. The third kappa shape index (κ3) is 1.90. The van der Waals surface area contributed by atoms with E-state index in [1.807, 2.05) is 31.2 Å². The van der Waals surface area contributed by atoms with Crippen molar-refractivity contribution in [2.24, 2.45) is 0 Å². The van der Waals surface area contributed by atoms with Crippen LogP contribution in [-0.2, 0) is 0 Å². The van der Waals surface area contributed by atoms with Gasteiger partial charge in [-0.3, -0.25) is 0 Å². The second-order valence-electron chi connectivity index (χ2n) is 3.00. The lowest BCUT2D eigenvalue weighted by atomic mass is 10.2. The molecule has 0 unspecified atom stereocenters. The van der Waals surface area contributed by atoms with Gasteiger partial charge in [0.15, 0.2) is 0 Å². The zero-order chi connectivity index (χ0) is 9.97. The molecule has 1 aromatic carbocycles. The Morgan fingerprint density at radius 1 is 1.29 bits per heavy atom. The van der Waals surface area contributed by atoms with Crippen LogP contribution in [0.15, 0.2) is 40.3 Å². The third-order valence-corrected chi connectivity index (χ3v) is 2.86. The smallest absolute Gasteiger partial charge is 0.221 e. The van der Waals surface area contributed by atoms with E-state index in [1.54, 1.807) is 6.20 Å². The van der Waals surface area contributed by atoms with Crippen molar-refractivity contribution in [2.75, 3.05) is 0 Å². The maximum atomic E-state index is 9.33. The summed E-state index contributed by atoms with van der Waals surface area (Å²) >= 11 is 1.49. The highest BCUT2D eigenvalue weighted by molar-refractivity contribution is 7.99. The van der Waals surface area contributed by atoms with Crippen molar-refractivity contribution in [3.8, 4) is 5.88 Å². The number of rotatable bonds is 2. The predicted octanol–water partition coefficient (Wildman–Crippen LogP) is 2.57. The van der Waals surface area contributed by atoms with Gasteiger partial charge in [0.1, 0.15) is 0 Å². The van der Waals surface area contributed by atoms with Gasteiger partial charge in [-0.25, -0.2) is 5.10 Å². The summed E-state index contributed by atoms with van der Waals surface area (Å²) in [6, 6.07) is 8.12. The first-order valence-corrected chi connectivity index (χ1v) is 5.04. The van der Waals surface area contributed by atoms with Crippen LogP contribution in [0.4, 0.5) is 0 Å². The van der Waals surface area contributed by atoms with Crippen molar-refractivity contribution in [3.63, 3.8) is 0 Å². The number of nitrogens with zero attached hydrogens (tertiary/aromatic N) is 1. The Hall–Kier alpha value is -1.42. The van der Waals surface area contributed by atoms with Crippen molar-refractivity contribution in [3.05, 3.63) is 36.0 Å². The highest BCUT2D eigenvalue weighted by Crippen LogP contribution is 2.32. The summed E-state index contributed by atoms with van der Waals surface area (Å²) in [5.41, 5.74) is 1.23. The van der Waals surface area contributed by atoms with Gasteiger partial charge in [-0.15, -0.1) is 0 Å².